The first-order valence-electron chi connectivity index (χ1n) is 7.50. The van der Waals surface area contributed by atoms with Crippen LogP contribution in [0.25, 0.3) is 6.08 Å². The number of halogens is 1. The first-order chi connectivity index (χ1) is 12.1. The molecule has 0 atom stereocenters. The number of hydrogen-bond donors (Lipinski definition) is 1. The molecule has 3 rings (SSSR count). The third kappa shape index (κ3) is 4.87. The van der Waals surface area contributed by atoms with Gasteiger partial charge in [0.25, 0.3) is 5.91 Å². The topological polar surface area (TPSA) is 73.9 Å². The van der Waals surface area contributed by atoms with Crippen LogP contribution in [0.15, 0.2) is 62.9 Å². The van der Waals surface area contributed by atoms with E-state index in [9.17, 15) is 4.79 Å². The predicted molar refractivity (Wildman–Crippen MR) is 104 cm³/mol. The fourth-order valence-electron chi connectivity index (χ4n) is 2.14. The zero-order valence-electron chi connectivity index (χ0n) is 13.1. The van der Waals surface area contributed by atoms with Crippen molar-refractivity contribution in [1.82, 2.24) is 0 Å². The molecule has 2 N–H and O–H groups in total. The van der Waals surface area contributed by atoms with Crippen molar-refractivity contribution in [3.8, 4) is 11.5 Å². The van der Waals surface area contributed by atoms with Crippen molar-refractivity contribution >= 4 is 44.8 Å². The van der Waals surface area contributed by atoms with E-state index in [1.54, 1.807) is 6.08 Å². The van der Waals surface area contributed by atoms with Gasteiger partial charge in [-0.2, -0.15) is 4.99 Å². The molecule has 25 heavy (non-hydrogen) atoms. The summed E-state index contributed by atoms with van der Waals surface area (Å²) in [6, 6.07) is 15.1. The van der Waals surface area contributed by atoms with Crippen LogP contribution in [0.2, 0.25) is 0 Å². The van der Waals surface area contributed by atoms with Crippen LogP contribution in [0.5, 0.6) is 11.5 Å². The molecule has 0 aliphatic carbocycles. The van der Waals surface area contributed by atoms with Gasteiger partial charge >= 0.3 is 0 Å². The molecular weight excluding hydrogens is 404 g/mol. The third-order valence-corrected chi connectivity index (χ3v) is 4.61. The van der Waals surface area contributed by atoms with Crippen molar-refractivity contribution in [2.24, 2.45) is 10.7 Å². The molecule has 7 heteroatoms. The molecule has 0 saturated carbocycles. The average Bonchev–Trinajstić information content (AvgIpc) is 2.92. The Morgan fingerprint density at radius 2 is 1.80 bits per heavy atom. The maximum atomic E-state index is 11.7. The minimum Gasteiger partial charge on any atom is -0.490 e. The molecule has 0 aromatic heterocycles. The Labute approximate surface area is 158 Å². The summed E-state index contributed by atoms with van der Waals surface area (Å²) in [6.45, 7) is 0.798. The molecule has 1 aliphatic heterocycles. The molecule has 1 aliphatic rings. The van der Waals surface area contributed by atoms with Crippen molar-refractivity contribution in [3.05, 3.63) is 63.5 Å². The number of rotatable bonds is 6. The maximum Gasteiger partial charge on any atom is 0.286 e. The summed E-state index contributed by atoms with van der Waals surface area (Å²) in [5.41, 5.74) is 6.37. The number of hydrogen-bond acceptors (Lipinski definition) is 5. The van der Waals surface area contributed by atoms with Crippen molar-refractivity contribution < 1.29 is 14.3 Å². The number of amidine groups is 1. The van der Waals surface area contributed by atoms with E-state index < -0.39 is 0 Å². The molecule has 0 bridgehead atoms. The fourth-order valence-corrected chi connectivity index (χ4v) is 3.08. The number of ether oxygens (including phenoxy) is 2. The monoisotopic (exact) mass is 418 g/mol. The molecule has 5 nitrogen and oxygen atoms in total. The highest BCUT2D eigenvalue weighted by Crippen LogP contribution is 2.29. The fraction of sp³-hybridized carbons (Fsp3) is 0.111. The second-order valence-corrected chi connectivity index (χ2v) is 7.03. The van der Waals surface area contributed by atoms with Gasteiger partial charge in [0.1, 0.15) is 24.7 Å². The number of thioether (sulfide) groups is 1. The highest BCUT2D eigenvalue weighted by Gasteiger charge is 2.20. The van der Waals surface area contributed by atoms with Crippen molar-refractivity contribution in [1.29, 1.82) is 0 Å². The van der Waals surface area contributed by atoms with E-state index in [1.165, 1.54) is 0 Å². The van der Waals surface area contributed by atoms with E-state index in [0.717, 1.165) is 27.5 Å². The van der Waals surface area contributed by atoms with E-state index in [1.807, 2.05) is 48.5 Å². The SMILES string of the molecule is NC1=NC(=O)/C(=C\c2ccccc2OCCOc2ccc(Br)cc2)S1. The quantitative estimate of drug-likeness (QED) is 0.569. The molecular formula is C18H15BrN2O3S. The van der Waals surface area contributed by atoms with Gasteiger partial charge in [-0.3, -0.25) is 4.79 Å². The van der Waals surface area contributed by atoms with Crippen LogP contribution in [0.3, 0.4) is 0 Å². The first-order valence-corrected chi connectivity index (χ1v) is 9.11. The van der Waals surface area contributed by atoms with E-state index in [2.05, 4.69) is 20.9 Å². The molecule has 0 saturated heterocycles. The molecule has 0 fully saturated rings. The molecule has 0 radical (unpaired) electrons. The smallest absolute Gasteiger partial charge is 0.286 e. The molecule has 2 aromatic carbocycles. The lowest BCUT2D eigenvalue weighted by Gasteiger charge is -2.10. The van der Waals surface area contributed by atoms with Gasteiger partial charge in [0.2, 0.25) is 0 Å². The number of nitrogens with two attached hydrogens (primary N) is 1. The lowest BCUT2D eigenvalue weighted by Crippen LogP contribution is -2.09. The number of carbonyl (C=O) groups excluding carboxylic acids is 1. The zero-order valence-corrected chi connectivity index (χ0v) is 15.5. The Balaban J connectivity index is 1.59. The summed E-state index contributed by atoms with van der Waals surface area (Å²) in [6.07, 6.45) is 1.74. The predicted octanol–water partition coefficient (Wildman–Crippen LogP) is 3.84. The van der Waals surface area contributed by atoms with Gasteiger partial charge < -0.3 is 15.2 Å². The summed E-state index contributed by atoms with van der Waals surface area (Å²) in [7, 11) is 0. The summed E-state index contributed by atoms with van der Waals surface area (Å²) in [4.78, 5) is 15.9. The van der Waals surface area contributed by atoms with Crippen LogP contribution in [0.4, 0.5) is 0 Å². The number of para-hydroxylation sites is 1. The Kier molecular flexibility index (Phi) is 5.78. The Morgan fingerprint density at radius 1 is 1.08 bits per heavy atom. The summed E-state index contributed by atoms with van der Waals surface area (Å²) < 4.78 is 12.4. The minimum atomic E-state index is -0.323. The number of nitrogens with zero attached hydrogens (tertiary/aromatic N) is 1. The van der Waals surface area contributed by atoms with Gasteiger partial charge in [0.15, 0.2) is 5.17 Å². The summed E-state index contributed by atoms with van der Waals surface area (Å²) in [5.74, 6) is 1.13. The standard InChI is InChI=1S/C18H15BrN2O3S/c19-13-5-7-14(8-6-13)23-9-10-24-15-4-2-1-3-12(15)11-16-17(22)21-18(20)25-16/h1-8,11H,9-10H2,(H2,20,21,22)/b16-11+. The summed E-state index contributed by atoms with van der Waals surface area (Å²) in [5, 5.41) is 0.262. The molecule has 0 unspecified atom stereocenters. The number of aliphatic imine (C=N–C) groups is 1. The molecule has 128 valence electrons. The van der Waals surface area contributed by atoms with Gasteiger partial charge in [0.05, 0.1) is 4.91 Å². The van der Waals surface area contributed by atoms with Crippen LogP contribution >= 0.6 is 27.7 Å². The van der Waals surface area contributed by atoms with Crippen LogP contribution in [-0.2, 0) is 4.79 Å². The third-order valence-electron chi connectivity index (χ3n) is 3.27. The normalized spacial score (nSPS) is 15.3. The Morgan fingerprint density at radius 3 is 2.52 bits per heavy atom. The van der Waals surface area contributed by atoms with Gasteiger partial charge in [-0.1, -0.05) is 34.1 Å². The number of carbonyl (C=O) groups is 1. The molecule has 0 spiro atoms. The molecule has 1 heterocycles. The highest BCUT2D eigenvalue weighted by atomic mass is 79.9. The van der Waals surface area contributed by atoms with Gasteiger partial charge in [-0.05, 0) is 48.2 Å². The lowest BCUT2D eigenvalue weighted by atomic mass is 10.2. The lowest BCUT2D eigenvalue weighted by molar-refractivity contribution is -0.113. The van der Waals surface area contributed by atoms with Crippen LogP contribution < -0.4 is 15.2 Å². The van der Waals surface area contributed by atoms with Gasteiger partial charge in [-0.25, -0.2) is 0 Å². The number of amides is 1. The van der Waals surface area contributed by atoms with Crippen LogP contribution in [0, 0.1) is 0 Å². The molecule has 1 amide bonds. The van der Waals surface area contributed by atoms with Gasteiger partial charge in [0, 0.05) is 10.0 Å². The van der Waals surface area contributed by atoms with Crippen LogP contribution in [-0.4, -0.2) is 24.3 Å². The van der Waals surface area contributed by atoms with E-state index in [4.69, 9.17) is 15.2 Å². The average molecular weight is 419 g/mol. The largest absolute Gasteiger partial charge is 0.490 e. The molecule has 2 aromatic rings. The number of benzene rings is 2. The van der Waals surface area contributed by atoms with E-state index >= 15 is 0 Å². The van der Waals surface area contributed by atoms with Crippen molar-refractivity contribution in [2.45, 2.75) is 0 Å². The Hall–Kier alpha value is -2.25. The van der Waals surface area contributed by atoms with E-state index in [-0.39, 0.29) is 11.1 Å². The van der Waals surface area contributed by atoms with Crippen molar-refractivity contribution in [2.75, 3.05) is 13.2 Å². The van der Waals surface area contributed by atoms with Crippen molar-refractivity contribution in [3.63, 3.8) is 0 Å². The zero-order chi connectivity index (χ0) is 17.6. The first kappa shape index (κ1) is 17.6. The highest BCUT2D eigenvalue weighted by molar-refractivity contribution is 9.10. The van der Waals surface area contributed by atoms with Gasteiger partial charge in [-0.15, -0.1) is 0 Å². The van der Waals surface area contributed by atoms with E-state index in [0.29, 0.717) is 23.9 Å². The Bertz CT molecular complexity index is 834. The maximum absolute atomic E-state index is 11.7. The second kappa shape index (κ2) is 8.22. The minimum absolute atomic E-state index is 0.262. The summed E-state index contributed by atoms with van der Waals surface area (Å²) >= 11 is 4.54. The second-order valence-electron chi connectivity index (χ2n) is 5.05. The van der Waals surface area contributed by atoms with Crippen LogP contribution in [0.1, 0.15) is 5.56 Å².